The van der Waals surface area contributed by atoms with Crippen molar-refractivity contribution in [3.63, 3.8) is 0 Å². The van der Waals surface area contributed by atoms with Crippen molar-refractivity contribution in [2.24, 2.45) is 5.41 Å². The van der Waals surface area contributed by atoms with Gasteiger partial charge in [-0.25, -0.2) is 0 Å². The molecule has 0 aromatic heterocycles. The van der Waals surface area contributed by atoms with Crippen molar-refractivity contribution in [1.82, 2.24) is 0 Å². The lowest BCUT2D eigenvalue weighted by Crippen LogP contribution is -2.19. The number of benzene rings is 1. The van der Waals surface area contributed by atoms with E-state index in [1.807, 2.05) is 32.0 Å². The molecule has 0 saturated heterocycles. The van der Waals surface area contributed by atoms with Crippen LogP contribution in [0.25, 0.3) is 0 Å². The number of hydrogen-bond acceptors (Lipinski definition) is 1. The molecule has 14 heavy (non-hydrogen) atoms. The first-order valence-electron chi connectivity index (χ1n) is 4.49. The molecule has 0 aliphatic heterocycles. The van der Waals surface area contributed by atoms with Crippen LogP contribution < -0.4 is 0 Å². The van der Waals surface area contributed by atoms with E-state index in [-0.39, 0.29) is 12.0 Å². The Morgan fingerprint density at radius 2 is 2.07 bits per heavy atom. The molecule has 1 N–H and O–H groups in total. The summed E-state index contributed by atoms with van der Waals surface area (Å²) in [4.78, 5) is 0. The summed E-state index contributed by atoms with van der Waals surface area (Å²) in [6, 6.07) is 5.72. The third kappa shape index (κ3) is 3.26. The maximum absolute atomic E-state index is 9.17. The molecule has 0 aliphatic carbocycles. The predicted molar refractivity (Wildman–Crippen MR) is 63.7 cm³/mol. The van der Waals surface area contributed by atoms with Gasteiger partial charge in [0.15, 0.2) is 0 Å². The van der Waals surface area contributed by atoms with Crippen LogP contribution >= 0.6 is 27.5 Å². The van der Waals surface area contributed by atoms with Crippen LogP contribution in [0.5, 0.6) is 0 Å². The van der Waals surface area contributed by atoms with Crippen LogP contribution in [-0.2, 0) is 6.42 Å². The molecule has 0 atom stereocenters. The van der Waals surface area contributed by atoms with Gasteiger partial charge in [-0.3, -0.25) is 0 Å². The van der Waals surface area contributed by atoms with Crippen LogP contribution in [-0.4, -0.2) is 11.7 Å². The molecule has 0 heterocycles. The second-order valence-corrected chi connectivity index (χ2v) is 5.53. The zero-order valence-corrected chi connectivity index (χ0v) is 10.7. The molecular weight excluding hydrogens is 263 g/mol. The standard InChI is InChI=1S/C11H14BrClO/c1-11(2,7-14)6-8-5-9(13)3-4-10(8)12/h3-5,14H,6-7H2,1-2H3. The molecule has 3 heteroatoms. The summed E-state index contributed by atoms with van der Waals surface area (Å²) in [5.74, 6) is 0. The Labute approximate surface area is 98.2 Å². The first kappa shape index (κ1) is 12.0. The zero-order chi connectivity index (χ0) is 10.8. The third-order valence-corrected chi connectivity index (χ3v) is 3.11. The van der Waals surface area contributed by atoms with Crippen LogP contribution in [0, 0.1) is 5.41 Å². The number of halogens is 2. The molecular formula is C11H14BrClO. The predicted octanol–water partition coefficient (Wildman–Crippen LogP) is 3.66. The van der Waals surface area contributed by atoms with Gasteiger partial charge in [0, 0.05) is 16.1 Å². The maximum atomic E-state index is 9.17. The average molecular weight is 278 g/mol. The van der Waals surface area contributed by atoms with Gasteiger partial charge in [-0.05, 0) is 35.6 Å². The van der Waals surface area contributed by atoms with E-state index in [1.165, 1.54) is 0 Å². The van der Waals surface area contributed by atoms with Gasteiger partial charge < -0.3 is 5.11 Å². The quantitative estimate of drug-likeness (QED) is 0.894. The highest BCUT2D eigenvalue weighted by Gasteiger charge is 2.18. The van der Waals surface area contributed by atoms with E-state index in [4.69, 9.17) is 16.7 Å². The van der Waals surface area contributed by atoms with Crippen molar-refractivity contribution in [2.45, 2.75) is 20.3 Å². The van der Waals surface area contributed by atoms with Gasteiger partial charge in [-0.1, -0.05) is 41.4 Å². The summed E-state index contributed by atoms with van der Waals surface area (Å²) < 4.78 is 1.04. The van der Waals surface area contributed by atoms with E-state index < -0.39 is 0 Å². The Morgan fingerprint density at radius 1 is 1.43 bits per heavy atom. The maximum Gasteiger partial charge on any atom is 0.0485 e. The summed E-state index contributed by atoms with van der Waals surface area (Å²) in [5.41, 5.74) is 1.03. The summed E-state index contributed by atoms with van der Waals surface area (Å²) in [6.07, 6.45) is 0.810. The minimum Gasteiger partial charge on any atom is -0.396 e. The normalized spacial score (nSPS) is 11.8. The Kier molecular flexibility index (Phi) is 3.99. The monoisotopic (exact) mass is 276 g/mol. The van der Waals surface area contributed by atoms with Crippen molar-refractivity contribution >= 4 is 27.5 Å². The molecule has 0 saturated carbocycles. The Bertz CT molecular complexity index is 323. The number of aliphatic hydroxyl groups is 1. The minimum absolute atomic E-state index is 0.104. The van der Waals surface area contributed by atoms with Gasteiger partial charge in [0.2, 0.25) is 0 Å². The van der Waals surface area contributed by atoms with E-state index in [0.29, 0.717) is 0 Å². The second-order valence-electron chi connectivity index (χ2n) is 4.23. The van der Waals surface area contributed by atoms with Crippen LogP contribution in [0.3, 0.4) is 0 Å². The SMILES string of the molecule is CC(C)(CO)Cc1cc(Cl)ccc1Br. The van der Waals surface area contributed by atoms with Crippen molar-refractivity contribution in [1.29, 1.82) is 0 Å². The smallest absolute Gasteiger partial charge is 0.0485 e. The van der Waals surface area contributed by atoms with Gasteiger partial charge in [0.1, 0.15) is 0 Å². The summed E-state index contributed by atoms with van der Waals surface area (Å²) in [6.45, 7) is 4.23. The van der Waals surface area contributed by atoms with Crippen molar-refractivity contribution in [3.8, 4) is 0 Å². The first-order chi connectivity index (χ1) is 6.44. The van der Waals surface area contributed by atoms with Crippen LogP contribution in [0.4, 0.5) is 0 Å². The lowest BCUT2D eigenvalue weighted by molar-refractivity contribution is 0.159. The molecule has 0 radical (unpaired) electrons. The molecule has 1 nitrogen and oxygen atoms in total. The highest BCUT2D eigenvalue weighted by atomic mass is 79.9. The van der Waals surface area contributed by atoms with Crippen molar-refractivity contribution < 1.29 is 5.11 Å². The van der Waals surface area contributed by atoms with Crippen LogP contribution in [0.1, 0.15) is 19.4 Å². The van der Waals surface area contributed by atoms with Crippen molar-refractivity contribution in [2.75, 3.05) is 6.61 Å². The molecule has 1 rings (SSSR count). The van der Waals surface area contributed by atoms with Crippen LogP contribution in [0.2, 0.25) is 5.02 Å². The van der Waals surface area contributed by atoms with E-state index >= 15 is 0 Å². The molecule has 0 spiro atoms. The summed E-state index contributed by atoms with van der Waals surface area (Å²) in [5, 5.41) is 9.90. The molecule has 1 aromatic rings. The van der Waals surface area contributed by atoms with Gasteiger partial charge in [-0.2, -0.15) is 0 Å². The highest BCUT2D eigenvalue weighted by molar-refractivity contribution is 9.10. The number of rotatable bonds is 3. The van der Waals surface area contributed by atoms with Gasteiger partial charge >= 0.3 is 0 Å². The first-order valence-corrected chi connectivity index (χ1v) is 5.66. The molecule has 78 valence electrons. The van der Waals surface area contributed by atoms with E-state index in [1.54, 1.807) is 0 Å². The number of aliphatic hydroxyl groups excluding tert-OH is 1. The lowest BCUT2D eigenvalue weighted by Gasteiger charge is -2.22. The average Bonchev–Trinajstić information content (AvgIpc) is 2.11. The molecule has 1 aromatic carbocycles. The fourth-order valence-electron chi connectivity index (χ4n) is 1.25. The molecule has 0 amide bonds. The van der Waals surface area contributed by atoms with E-state index in [9.17, 15) is 0 Å². The molecule has 0 aliphatic rings. The van der Waals surface area contributed by atoms with Gasteiger partial charge in [0.05, 0.1) is 0 Å². The summed E-state index contributed by atoms with van der Waals surface area (Å²) >= 11 is 9.38. The fourth-order valence-corrected chi connectivity index (χ4v) is 1.83. The second kappa shape index (κ2) is 4.65. The topological polar surface area (TPSA) is 20.2 Å². The molecule has 0 bridgehead atoms. The van der Waals surface area contributed by atoms with Gasteiger partial charge in [0.25, 0.3) is 0 Å². The zero-order valence-electron chi connectivity index (χ0n) is 8.35. The summed E-state index contributed by atoms with van der Waals surface area (Å²) in [7, 11) is 0. The van der Waals surface area contributed by atoms with Crippen molar-refractivity contribution in [3.05, 3.63) is 33.3 Å². The third-order valence-electron chi connectivity index (χ3n) is 2.10. The van der Waals surface area contributed by atoms with E-state index in [0.717, 1.165) is 21.5 Å². The Balaban J connectivity index is 2.91. The molecule has 0 unspecified atom stereocenters. The van der Waals surface area contributed by atoms with E-state index in [2.05, 4.69) is 15.9 Å². The Hall–Kier alpha value is -0.0500. The van der Waals surface area contributed by atoms with Crippen LogP contribution in [0.15, 0.2) is 22.7 Å². The highest BCUT2D eigenvalue weighted by Crippen LogP contribution is 2.28. The largest absolute Gasteiger partial charge is 0.396 e. The number of hydrogen-bond donors (Lipinski definition) is 1. The minimum atomic E-state index is -0.104. The fraction of sp³-hybridized carbons (Fsp3) is 0.455. The Morgan fingerprint density at radius 3 is 2.64 bits per heavy atom. The van der Waals surface area contributed by atoms with Gasteiger partial charge in [-0.15, -0.1) is 0 Å². The lowest BCUT2D eigenvalue weighted by atomic mass is 9.87. The molecule has 0 fully saturated rings.